The fourth-order valence-corrected chi connectivity index (χ4v) is 1.26. The fourth-order valence-electron chi connectivity index (χ4n) is 1.26. The molecule has 0 radical (unpaired) electrons. The van der Waals surface area contributed by atoms with Crippen LogP contribution in [0.3, 0.4) is 0 Å². The van der Waals surface area contributed by atoms with E-state index in [9.17, 15) is 9.59 Å². The van der Waals surface area contributed by atoms with E-state index < -0.39 is 6.04 Å². The Labute approximate surface area is 95.0 Å². The van der Waals surface area contributed by atoms with E-state index in [1.165, 1.54) is 6.92 Å². The predicted octanol–water partition coefficient (Wildman–Crippen LogP) is 1.46. The molecule has 0 fully saturated rings. The summed E-state index contributed by atoms with van der Waals surface area (Å²) >= 11 is 0. The number of anilines is 1. The highest BCUT2D eigenvalue weighted by atomic mass is 16.2. The van der Waals surface area contributed by atoms with Gasteiger partial charge in [0.1, 0.15) is 6.04 Å². The van der Waals surface area contributed by atoms with Crippen molar-refractivity contribution in [1.82, 2.24) is 5.32 Å². The van der Waals surface area contributed by atoms with Crippen LogP contribution >= 0.6 is 0 Å². The summed E-state index contributed by atoms with van der Waals surface area (Å²) in [6.45, 7) is 5.01. The second-order valence-electron chi connectivity index (χ2n) is 3.78. The molecule has 0 aliphatic carbocycles. The minimum atomic E-state index is -0.529. The molecular formula is C12H16N2O2. The quantitative estimate of drug-likeness (QED) is 0.810. The molecule has 1 aromatic rings. The molecule has 1 rings (SSSR count). The number of nitrogens with one attached hydrogen (secondary N) is 2. The van der Waals surface area contributed by atoms with Crippen LogP contribution in [0.25, 0.3) is 0 Å². The van der Waals surface area contributed by atoms with Gasteiger partial charge < -0.3 is 10.6 Å². The van der Waals surface area contributed by atoms with E-state index in [0.717, 1.165) is 11.3 Å². The number of carbonyl (C=O) groups is 2. The van der Waals surface area contributed by atoms with Crippen molar-refractivity contribution in [2.75, 3.05) is 5.32 Å². The smallest absolute Gasteiger partial charge is 0.246 e. The normalized spacial score (nSPS) is 11.7. The SMILES string of the molecule is CC(=O)N[C@H](C)C(=O)Nc1ccc(C)cc1. The third-order valence-corrected chi connectivity index (χ3v) is 2.13. The predicted molar refractivity (Wildman–Crippen MR) is 63.1 cm³/mol. The zero-order valence-electron chi connectivity index (χ0n) is 9.70. The molecule has 1 aromatic carbocycles. The molecule has 0 saturated heterocycles. The first-order valence-electron chi connectivity index (χ1n) is 5.13. The number of hydrogen-bond acceptors (Lipinski definition) is 2. The summed E-state index contributed by atoms with van der Waals surface area (Å²) < 4.78 is 0. The van der Waals surface area contributed by atoms with Gasteiger partial charge in [-0.2, -0.15) is 0 Å². The van der Waals surface area contributed by atoms with Gasteiger partial charge in [0, 0.05) is 12.6 Å². The van der Waals surface area contributed by atoms with Crippen molar-refractivity contribution in [2.24, 2.45) is 0 Å². The zero-order valence-corrected chi connectivity index (χ0v) is 9.70. The second-order valence-corrected chi connectivity index (χ2v) is 3.78. The Morgan fingerprint density at radius 1 is 1.19 bits per heavy atom. The lowest BCUT2D eigenvalue weighted by Crippen LogP contribution is -2.40. The Morgan fingerprint density at radius 3 is 2.25 bits per heavy atom. The Bertz CT molecular complexity index is 385. The molecule has 0 unspecified atom stereocenters. The summed E-state index contributed by atoms with van der Waals surface area (Å²) in [4.78, 5) is 22.4. The highest BCUT2D eigenvalue weighted by molar-refractivity contribution is 5.96. The zero-order chi connectivity index (χ0) is 12.1. The molecule has 4 nitrogen and oxygen atoms in total. The second kappa shape index (κ2) is 5.30. The molecule has 0 heterocycles. The van der Waals surface area contributed by atoms with Gasteiger partial charge in [-0.1, -0.05) is 17.7 Å². The first-order valence-corrected chi connectivity index (χ1v) is 5.13. The van der Waals surface area contributed by atoms with Crippen molar-refractivity contribution in [3.63, 3.8) is 0 Å². The van der Waals surface area contributed by atoms with E-state index in [2.05, 4.69) is 10.6 Å². The number of hydrogen-bond donors (Lipinski definition) is 2. The summed E-state index contributed by atoms with van der Waals surface area (Å²) in [6.07, 6.45) is 0. The average molecular weight is 220 g/mol. The van der Waals surface area contributed by atoms with Crippen LogP contribution in [0, 0.1) is 6.92 Å². The monoisotopic (exact) mass is 220 g/mol. The largest absolute Gasteiger partial charge is 0.345 e. The van der Waals surface area contributed by atoms with Gasteiger partial charge in [-0.25, -0.2) is 0 Å². The van der Waals surface area contributed by atoms with Gasteiger partial charge in [-0.3, -0.25) is 9.59 Å². The van der Waals surface area contributed by atoms with Gasteiger partial charge in [-0.15, -0.1) is 0 Å². The Morgan fingerprint density at radius 2 is 1.75 bits per heavy atom. The van der Waals surface area contributed by atoms with E-state index in [4.69, 9.17) is 0 Å². The molecule has 86 valence electrons. The maximum absolute atomic E-state index is 11.6. The third kappa shape index (κ3) is 3.73. The summed E-state index contributed by atoms with van der Waals surface area (Å²) in [6, 6.07) is 6.96. The third-order valence-electron chi connectivity index (χ3n) is 2.13. The van der Waals surface area contributed by atoms with Gasteiger partial charge in [0.15, 0.2) is 0 Å². The molecule has 0 aliphatic heterocycles. The molecule has 0 spiro atoms. The summed E-state index contributed by atoms with van der Waals surface area (Å²) in [5.41, 5.74) is 1.86. The van der Waals surface area contributed by atoms with Crippen LogP contribution in [-0.2, 0) is 9.59 Å². The van der Waals surface area contributed by atoms with Crippen molar-refractivity contribution in [3.8, 4) is 0 Å². The van der Waals surface area contributed by atoms with Crippen LogP contribution < -0.4 is 10.6 Å². The van der Waals surface area contributed by atoms with Crippen LogP contribution in [0.5, 0.6) is 0 Å². The van der Waals surface area contributed by atoms with Crippen LogP contribution in [0.4, 0.5) is 5.69 Å². The van der Waals surface area contributed by atoms with E-state index in [0.29, 0.717) is 0 Å². The lowest BCUT2D eigenvalue weighted by Gasteiger charge is -2.12. The van der Waals surface area contributed by atoms with E-state index >= 15 is 0 Å². The molecule has 16 heavy (non-hydrogen) atoms. The number of amides is 2. The summed E-state index contributed by atoms with van der Waals surface area (Å²) in [7, 11) is 0. The topological polar surface area (TPSA) is 58.2 Å². The molecule has 0 saturated carbocycles. The molecule has 0 aliphatic rings. The van der Waals surface area contributed by atoms with Crippen molar-refractivity contribution in [1.29, 1.82) is 0 Å². The molecule has 0 aromatic heterocycles. The Balaban J connectivity index is 2.57. The molecule has 2 N–H and O–H groups in total. The van der Waals surface area contributed by atoms with E-state index in [-0.39, 0.29) is 11.8 Å². The van der Waals surface area contributed by atoms with Crippen molar-refractivity contribution in [2.45, 2.75) is 26.8 Å². The first kappa shape index (κ1) is 12.2. The van der Waals surface area contributed by atoms with Gasteiger partial charge in [0.25, 0.3) is 0 Å². The average Bonchev–Trinajstić information content (AvgIpc) is 2.20. The van der Waals surface area contributed by atoms with E-state index in [1.54, 1.807) is 6.92 Å². The minimum absolute atomic E-state index is 0.216. The first-order chi connectivity index (χ1) is 7.49. The Kier molecular flexibility index (Phi) is 4.05. The lowest BCUT2D eigenvalue weighted by atomic mass is 10.2. The summed E-state index contributed by atoms with van der Waals surface area (Å²) in [5, 5.41) is 5.24. The molecule has 2 amide bonds. The lowest BCUT2D eigenvalue weighted by molar-refractivity contribution is -0.124. The number of aryl methyl sites for hydroxylation is 1. The van der Waals surface area contributed by atoms with E-state index in [1.807, 2.05) is 31.2 Å². The molecule has 1 atom stereocenters. The number of rotatable bonds is 3. The van der Waals surface area contributed by atoms with Crippen molar-refractivity contribution < 1.29 is 9.59 Å². The van der Waals surface area contributed by atoms with Crippen LogP contribution in [0.1, 0.15) is 19.4 Å². The molecular weight excluding hydrogens is 204 g/mol. The molecule has 4 heteroatoms. The highest BCUT2D eigenvalue weighted by Gasteiger charge is 2.13. The highest BCUT2D eigenvalue weighted by Crippen LogP contribution is 2.08. The maximum atomic E-state index is 11.6. The number of carbonyl (C=O) groups excluding carboxylic acids is 2. The van der Waals surface area contributed by atoms with Gasteiger partial charge in [-0.05, 0) is 26.0 Å². The van der Waals surface area contributed by atoms with Gasteiger partial charge in [0.05, 0.1) is 0 Å². The fraction of sp³-hybridized carbons (Fsp3) is 0.333. The minimum Gasteiger partial charge on any atom is -0.345 e. The van der Waals surface area contributed by atoms with Gasteiger partial charge in [0.2, 0.25) is 11.8 Å². The molecule has 0 bridgehead atoms. The van der Waals surface area contributed by atoms with Crippen molar-refractivity contribution >= 4 is 17.5 Å². The standard InChI is InChI=1S/C12H16N2O2/c1-8-4-6-11(7-5-8)14-12(16)9(2)13-10(3)15/h4-7,9H,1-3H3,(H,13,15)(H,14,16)/t9-/m1/s1. The van der Waals surface area contributed by atoms with Gasteiger partial charge >= 0.3 is 0 Å². The van der Waals surface area contributed by atoms with Crippen molar-refractivity contribution in [3.05, 3.63) is 29.8 Å². The van der Waals surface area contributed by atoms with Crippen LogP contribution in [-0.4, -0.2) is 17.9 Å². The van der Waals surface area contributed by atoms with Crippen LogP contribution in [0.15, 0.2) is 24.3 Å². The Hall–Kier alpha value is -1.84. The number of benzene rings is 1. The maximum Gasteiger partial charge on any atom is 0.246 e. The summed E-state index contributed by atoms with van der Waals surface area (Å²) in [5.74, 6) is -0.439. The van der Waals surface area contributed by atoms with Crippen LogP contribution in [0.2, 0.25) is 0 Å².